The number of aromatic nitrogens is 3. The number of hydrogen-bond acceptors (Lipinski definition) is 8. The Morgan fingerprint density at radius 2 is 1.86 bits per heavy atom. The van der Waals surface area contributed by atoms with Crippen molar-refractivity contribution in [3.8, 4) is 10.6 Å². The molecule has 188 valence electrons. The predicted molar refractivity (Wildman–Crippen MR) is 138 cm³/mol. The fraction of sp³-hybridized carbons (Fsp3) is 0.462. The maximum Gasteiger partial charge on any atom is 0.255 e. The molecule has 1 N–H and O–H groups in total. The average molecular weight is 508 g/mol. The number of fused-ring (bicyclic) bond motifs is 2. The molecule has 0 radical (unpaired) electrons. The largest absolute Gasteiger partial charge is 0.331 e. The zero-order chi connectivity index (χ0) is 25.0. The van der Waals surface area contributed by atoms with Gasteiger partial charge in [-0.2, -0.15) is 0 Å². The second kappa shape index (κ2) is 8.86. The van der Waals surface area contributed by atoms with Gasteiger partial charge in [-0.3, -0.25) is 9.69 Å². The number of nitrogens with zero attached hydrogens (tertiary/aromatic N) is 6. The summed E-state index contributed by atoms with van der Waals surface area (Å²) < 4.78 is 14.9. The van der Waals surface area contributed by atoms with Crippen molar-refractivity contribution in [3.05, 3.63) is 51.9 Å². The second-order valence-corrected chi connectivity index (χ2v) is 11.0. The molecule has 1 amide bonds. The lowest BCUT2D eigenvalue weighted by Crippen LogP contribution is -2.45. The van der Waals surface area contributed by atoms with Gasteiger partial charge in [0.15, 0.2) is 5.82 Å². The summed E-state index contributed by atoms with van der Waals surface area (Å²) in [6.45, 7) is 10.4. The normalized spacial score (nSPS) is 19.2. The number of carbonyl (C=O) groups excluding carboxylic acids is 1. The smallest absolute Gasteiger partial charge is 0.255 e. The van der Waals surface area contributed by atoms with Crippen molar-refractivity contribution < 1.29 is 9.18 Å². The van der Waals surface area contributed by atoms with Crippen molar-refractivity contribution in [2.75, 3.05) is 45.1 Å². The van der Waals surface area contributed by atoms with Crippen LogP contribution in [0.4, 0.5) is 16.2 Å². The maximum absolute atomic E-state index is 14.9. The molecule has 36 heavy (non-hydrogen) atoms. The van der Waals surface area contributed by atoms with Crippen molar-refractivity contribution in [1.82, 2.24) is 29.7 Å². The number of rotatable bonds is 6. The van der Waals surface area contributed by atoms with E-state index in [0.717, 1.165) is 73.7 Å². The molecule has 3 aromatic heterocycles. The van der Waals surface area contributed by atoms with Crippen LogP contribution in [0.1, 0.15) is 46.1 Å². The summed E-state index contributed by atoms with van der Waals surface area (Å²) in [7, 11) is 1.86. The third kappa shape index (κ3) is 3.88. The number of carbonyl (C=O) groups is 1. The molecular weight excluding hydrogens is 477 g/mol. The molecule has 0 atom stereocenters. The summed E-state index contributed by atoms with van der Waals surface area (Å²) >= 11 is 1.48. The first-order valence-electron chi connectivity index (χ1n) is 12.5. The molecule has 1 saturated carbocycles. The molecule has 1 aliphatic carbocycles. The summed E-state index contributed by atoms with van der Waals surface area (Å²) in [6, 6.07) is 3.96. The summed E-state index contributed by atoms with van der Waals surface area (Å²) in [6.07, 6.45) is 4.96. The van der Waals surface area contributed by atoms with Crippen molar-refractivity contribution in [2.45, 2.75) is 38.8 Å². The van der Waals surface area contributed by atoms with Crippen LogP contribution in [0, 0.1) is 12.7 Å². The van der Waals surface area contributed by atoms with E-state index in [4.69, 9.17) is 0 Å². The minimum atomic E-state index is -0.499. The Kier molecular flexibility index (Phi) is 5.77. The molecule has 5 heterocycles. The highest BCUT2D eigenvalue weighted by atomic mass is 32.1. The van der Waals surface area contributed by atoms with Gasteiger partial charge in [-0.1, -0.05) is 13.0 Å². The van der Waals surface area contributed by atoms with E-state index in [1.807, 2.05) is 31.1 Å². The van der Waals surface area contributed by atoms with Crippen LogP contribution in [-0.4, -0.2) is 75.3 Å². The number of nitrogens with one attached hydrogen (secondary N) is 1. The molecule has 1 saturated heterocycles. The van der Waals surface area contributed by atoms with Gasteiger partial charge in [-0.15, -0.1) is 11.3 Å². The SMILES string of the molecule is CCN1CCN(Cc2ccc(Nc3ncc(F)c(-c4sc5c(c4C)C(=O)N(C)C54CC4)n3)nc2)CC1. The molecule has 0 bridgehead atoms. The Labute approximate surface area is 214 Å². The van der Waals surface area contributed by atoms with Gasteiger partial charge in [0, 0.05) is 50.8 Å². The van der Waals surface area contributed by atoms with Gasteiger partial charge in [0.1, 0.15) is 11.5 Å². The van der Waals surface area contributed by atoms with Gasteiger partial charge in [0.25, 0.3) is 5.91 Å². The minimum Gasteiger partial charge on any atom is -0.331 e. The standard InChI is InChI=1S/C26H30FN7OS/c1-4-33-9-11-34(12-10-33)15-17-5-6-19(28-13-17)30-25-29-14-18(27)21(31-25)22-16(2)20-23(36-22)26(7-8-26)32(3)24(20)35/h5-6,13-14H,4,7-12,15H2,1-3H3,(H,28,29,30,31). The molecule has 1 spiro atoms. The third-order valence-corrected chi connectivity index (χ3v) is 9.29. The fourth-order valence-corrected chi connectivity index (χ4v) is 6.91. The number of halogens is 1. The lowest BCUT2D eigenvalue weighted by atomic mass is 10.1. The second-order valence-electron chi connectivity index (χ2n) is 9.93. The number of hydrogen-bond donors (Lipinski definition) is 1. The summed E-state index contributed by atoms with van der Waals surface area (Å²) in [5.74, 6) is 0.402. The average Bonchev–Trinajstić information content (AvgIpc) is 3.59. The van der Waals surface area contributed by atoms with Gasteiger partial charge >= 0.3 is 0 Å². The van der Waals surface area contributed by atoms with Crippen molar-refractivity contribution in [3.63, 3.8) is 0 Å². The van der Waals surface area contributed by atoms with Crippen LogP contribution < -0.4 is 5.32 Å². The number of anilines is 2. The molecular formula is C26H30FN7OS. The monoisotopic (exact) mass is 507 g/mol. The van der Waals surface area contributed by atoms with E-state index in [2.05, 4.69) is 43.1 Å². The van der Waals surface area contributed by atoms with E-state index in [-0.39, 0.29) is 23.1 Å². The zero-order valence-electron chi connectivity index (χ0n) is 20.8. The number of piperazine rings is 1. The van der Waals surface area contributed by atoms with Gasteiger partial charge in [-0.05, 0) is 43.5 Å². The highest BCUT2D eigenvalue weighted by Crippen LogP contribution is 2.60. The molecule has 0 aromatic carbocycles. The summed E-state index contributed by atoms with van der Waals surface area (Å²) in [4.78, 5) is 34.5. The first kappa shape index (κ1) is 23.4. The number of amides is 1. The highest BCUT2D eigenvalue weighted by molar-refractivity contribution is 7.16. The van der Waals surface area contributed by atoms with Crippen LogP contribution >= 0.6 is 11.3 Å². The van der Waals surface area contributed by atoms with Gasteiger partial charge in [0.2, 0.25) is 5.95 Å². The lowest BCUT2D eigenvalue weighted by Gasteiger charge is -2.33. The highest BCUT2D eigenvalue weighted by Gasteiger charge is 2.58. The van der Waals surface area contributed by atoms with Gasteiger partial charge in [-0.25, -0.2) is 19.3 Å². The van der Waals surface area contributed by atoms with Crippen LogP contribution in [0.15, 0.2) is 24.5 Å². The Hall–Kier alpha value is -2.95. The Morgan fingerprint density at radius 3 is 2.53 bits per heavy atom. The Balaban J connectivity index is 1.19. The van der Waals surface area contributed by atoms with Crippen molar-refractivity contribution >= 4 is 29.0 Å². The van der Waals surface area contributed by atoms with Crippen LogP contribution in [0.3, 0.4) is 0 Å². The van der Waals surface area contributed by atoms with Crippen LogP contribution in [0.25, 0.3) is 10.6 Å². The molecule has 10 heteroatoms. The summed E-state index contributed by atoms with van der Waals surface area (Å²) in [5, 5.41) is 3.11. The van der Waals surface area contributed by atoms with Crippen molar-refractivity contribution in [2.24, 2.45) is 0 Å². The molecule has 2 aliphatic heterocycles. The van der Waals surface area contributed by atoms with E-state index in [1.165, 1.54) is 17.5 Å². The van der Waals surface area contributed by atoms with Gasteiger partial charge < -0.3 is 15.1 Å². The number of likely N-dealkylation sites (N-methyl/N-ethyl adjacent to an activating group) is 1. The van der Waals surface area contributed by atoms with Crippen LogP contribution in [-0.2, 0) is 12.1 Å². The van der Waals surface area contributed by atoms with E-state index in [0.29, 0.717) is 10.7 Å². The van der Waals surface area contributed by atoms with Crippen molar-refractivity contribution in [1.29, 1.82) is 0 Å². The summed E-state index contributed by atoms with van der Waals surface area (Å²) in [5.41, 5.74) is 2.69. The first-order valence-corrected chi connectivity index (χ1v) is 13.3. The predicted octanol–water partition coefficient (Wildman–Crippen LogP) is 4.00. The molecule has 2 fully saturated rings. The third-order valence-electron chi connectivity index (χ3n) is 7.80. The quantitative estimate of drug-likeness (QED) is 0.540. The fourth-order valence-electron chi connectivity index (χ4n) is 5.33. The maximum atomic E-state index is 14.9. The Morgan fingerprint density at radius 1 is 1.11 bits per heavy atom. The van der Waals surface area contributed by atoms with E-state index in [1.54, 1.807) is 0 Å². The lowest BCUT2D eigenvalue weighted by molar-refractivity contribution is 0.0755. The minimum absolute atomic E-state index is 0.0202. The first-order chi connectivity index (χ1) is 17.4. The molecule has 3 aliphatic rings. The molecule has 3 aromatic rings. The van der Waals surface area contributed by atoms with Gasteiger partial charge in [0.05, 0.1) is 22.2 Å². The topological polar surface area (TPSA) is 77.5 Å². The number of thiophene rings is 1. The van der Waals surface area contributed by atoms with Crippen LogP contribution in [0.2, 0.25) is 0 Å². The van der Waals surface area contributed by atoms with E-state index in [9.17, 15) is 9.18 Å². The van der Waals surface area contributed by atoms with E-state index >= 15 is 0 Å². The number of pyridine rings is 1. The van der Waals surface area contributed by atoms with E-state index < -0.39 is 5.82 Å². The Bertz CT molecular complexity index is 1310. The molecule has 6 rings (SSSR count). The van der Waals surface area contributed by atoms with Crippen LogP contribution in [0.5, 0.6) is 0 Å². The molecule has 0 unspecified atom stereocenters. The zero-order valence-corrected chi connectivity index (χ0v) is 21.7. The molecule has 8 nitrogen and oxygen atoms in total.